The lowest BCUT2D eigenvalue weighted by molar-refractivity contribution is -0.127. The molecule has 1 aliphatic heterocycles. The number of hydrogen-bond donors (Lipinski definition) is 1. The summed E-state index contributed by atoms with van der Waals surface area (Å²) in [4.78, 5) is 17.1. The van der Waals surface area contributed by atoms with Gasteiger partial charge in [0.05, 0.1) is 4.90 Å². The number of carbonyl (C=O) groups excluding carboxylic acids is 1. The van der Waals surface area contributed by atoms with Gasteiger partial charge in [-0.25, -0.2) is 8.42 Å². The van der Waals surface area contributed by atoms with Crippen LogP contribution in [0.2, 0.25) is 0 Å². The molecule has 2 fully saturated rings. The maximum atomic E-state index is 13.4. The van der Waals surface area contributed by atoms with Crippen molar-refractivity contribution in [3.63, 3.8) is 0 Å². The Kier molecular flexibility index (Phi) is 6.43. The molecule has 0 unspecified atom stereocenters. The van der Waals surface area contributed by atoms with Crippen molar-refractivity contribution in [2.45, 2.75) is 69.7 Å². The molecule has 1 N–H and O–H groups in total. The quantitative estimate of drug-likeness (QED) is 0.756. The summed E-state index contributed by atoms with van der Waals surface area (Å²) in [6.07, 6.45) is 6.77. The molecular weight excluding hydrogens is 416 g/mol. The van der Waals surface area contributed by atoms with E-state index >= 15 is 0 Å². The van der Waals surface area contributed by atoms with Gasteiger partial charge in [-0.15, -0.1) is 0 Å². The molecule has 0 bridgehead atoms. The first-order chi connectivity index (χ1) is 14.8. The van der Waals surface area contributed by atoms with Crippen molar-refractivity contribution in [2.24, 2.45) is 5.92 Å². The van der Waals surface area contributed by atoms with Gasteiger partial charge in [0.25, 0.3) is 0 Å². The molecule has 1 aromatic carbocycles. The van der Waals surface area contributed by atoms with E-state index in [-0.39, 0.29) is 22.8 Å². The fourth-order valence-electron chi connectivity index (χ4n) is 4.50. The lowest BCUT2D eigenvalue weighted by Crippen LogP contribution is -2.45. The summed E-state index contributed by atoms with van der Waals surface area (Å²) >= 11 is 0. The second kappa shape index (κ2) is 9.08. The molecular formula is C22H30N4O4S. The number of amides is 1. The van der Waals surface area contributed by atoms with Gasteiger partial charge in [-0.1, -0.05) is 36.6 Å². The van der Waals surface area contributed by atoms with Gasteiger partial charge in [0.2, 0.25) is 27.6 Å². The molecule has 0 atom stereocenters. The van der Waals surface area contributed by atoms with Crippen molar-refractivity contribution in [2.75, 3.05) is 13.1 Å². The largest absolute Gasteiger partial charge is 0.353 e. The number of aryl methyl sites for hydroxylation is 2. The highest BCUT2D eigenvalue weighted by Crippen LogP contribution is 2.29. The number of sulfonamides is 1. The minimum absolute atomic E-state index is 0.0783. The van der Waals surface area contributed by atoms with Crippen LogP contribution in [-0.2, 0) is 14.8 Å². The van der Waals surface area contributed by atoms with Crippen molar-refractivity contribution in [1.29, 1.82) is 0 Å². The minimum atomic E-state index is -3.68. The molecule has 1 aromatic heterocycles. The number of aromatic nitrogens is 2. The Balaban J connectivity index is 1.43. The van der Waals surface area contributed by atoms with Gasteiger partial charge in [-0.05, 0) is 44.2 Å². The first-order valence-electron chi connectivity index (χ1n) is 11.1. The molecule has 0 radical (unpaired) electrons. The Labute approximate surface area is 183 Å². The van der Waals surface area contributed by atoms with Gasteiger partial charge in [-0.3, -0.25) is 4.79 Å². The number of nitrogens with one attached hydrogen (secondary N) is 1. The Morgan fingerprint density at radius 3 is 2.45 bits per heavy atom. The summed E-state index contributed by atoms with van der Waals surface area (Å²) in [5.74, 6) is 0.748. The first kappa shape index (κ1) is 22.0. The summed E-state index contributed by atoms with van der Waals surface area (Å²) in [5, 5.41) is 7.07. The highest BCUT2D eigenvalue weighted by atomic mass is 32.2. The van der Waals surface area contributed by atoms with Crippen molar-refractivity contribution in [1.82, 2.24) is 19.8 Å². The third-order valence-electron chi connectivity index (χ3n) is 6.37. The second-order valence-corrected chi connectivity index (χ2v) is 10.5. The zero-order chi connectivity index (χ0) is 22.0. The predicted octanol–water partition coefficient (Wildman–Crippen LogP) is 3.20. The molecule has 1 saturated heterocycles. The molecule has 168 valence electrons. The van der Waals surface area contributed by atoms with E-state index in [0.717, 1.165) is 12.8 Å². The molecule has 1 aliphatic carbocycles. The maximum absolute atomic E-state index is 13.4. The first-order valence-corrected chi connectivity index (χ1v) is 12.5. The number of piperidine rings is 1. The molecule has 1 amide bonds. The summed E-state index contributed by atoms with van der Waals surface area (Å²) in [6.45, 7) is 4.16. The normalized spacial score (nSPS) is 19.4. The van der Waals surface area contributed by atoms with E-state index in [9.17, 15) is 13.2 Å². The van der Waals surface area contributed by atoms with Crippen molar-refractivity contribution >= 4 is 15.9 Å². The number of nitrogens with zero attached hydrogens (tertiary/aromatic N) is 3. The second-order valence-electron chi connectivity index (χ2n) is 8.64. The standard InChI is InChI=1S/C22H30N4O4S/c1-15-8-9-18(21-23-16(2)30-25-21)14-20(15)31(28,29)26-12-10-17(11-13-26)22(27)24-19-6-4-3-5-7-19/h8-9,14,17,19H,3-7,10-13H2,1-2H3,(H,24,27). The summed E-state index contributed by atoms with van der Waals surface area (Å²) in [5.41, 5.74) is 1.27. The summed E-state index contributed by atoms with van der Waals surface area (Å²) in [6, 6.07) is 5.44. The van der Waals surface area contributed by atoms with Crippen LogP contribution in [0, 0.1) is 19.8 Å². The van der Waals surface area contributed by atoms with Crippen LogP contribution in [0.5, 0.6) is 0 Å². The van der Waals surface area contributed by atoms with E-state index in [1.807, 2.05) is 0 Å². The average Bonchev–Trinajstić information content (AvgIpc) is 3.21. The smallest absolute Gasteiger partial charge is 0.243 e. The minimum Gasteiger partial charge on any atom is -0.353 e. The number of hydrogen-bond acceptors (Lipinski definition) is 6. The molecule has 31 heavy (non-hydrogen) atoms. The molecule has 8 nitrogen and oxygen atoms in total. The lowest BCUT2D eigenvalue weighted by atomic mass is 9.93. The molecule has 2 aliphatic rings. The van der Waals surface area contributed by atoms with Crippen LogP contribution < -0.4 is 5.32 Å². The van der Waals surface area contributed by atoms with Crippen LogP contribution in [0.4, 0.5) is 0 Å². The molecule has 9 heteroatoms. The van der Waals surface area contributed by atoms with Gasteiger partial charge in [0.15, 0.2) is 0 Å². The third-order valence-corrected chi connectivity index (χ3v) is 8.41. The SMILES string of the molecule is Cc1nc(-c2ccc(C)c(S(=O)(=O)N3CCC(C(=O)NC4CCCCC4)CC3)c2)no1. The Bertz CT molecular complexity index is 1040. The number of carbonyl (C=O) groups is 1. The number of benzene rings is 1. The van der Waals surface area contributed by atoms with E-state index in [4.69, 9.17) is 4.52 Å². The molecule has 2 heterocycles. The topological polar surface area (TPSA) is 105 Å². The van der Waals surface area contributed by atoms with Crippen LogP contribution in [0.15, 0.2) is 27.6 Å². The molecule has 4 rings (SSSR count). The Hall–Kier alpha value is -2.26. The van der Waals surface area contributed by atoms with E-state index in [0.29, 0.717) is 48.8 Å². The van der Waals surface area contributed by atoms with Gasteiger partial charge in [0, 0.05) is 37.5 Å². The van der Waals surface area contributed by atoms with E-state index in [1.54, 1.807) is 32.0 Å². The van der Waals surface area contributed by atoms with Gasteiger partial charge < -0.3 is 9.84 Å². The highest BCUT2D eigenvalue weighted by Gasteiger charge is 2.33. The van der Waals surface area contributed by atoms with E-state index in [2.05, 4.69) is 15.5 Å². The fourth-order valence-corrected chi connectivity index (χ4v) is 6.22. The maximum Gasteiger partial charge on any atom is 0.243 e. The van der Waals surface area contributed by atoms with Crippen LogP contribution in [0.3, 0.4) is 0 Å². The van der Waals surface area contributed by atoms with Gasteiger partial charge in [0.1, 0.15) is 0 Å². The Morgan fingerprint density at radius 1 is 1.10 bits per heavy atom. The van der Waals surface area contributed by atoms with Crippen LogP contribution in [0.1, 0.15) is 56.4 Å². The zero-order valence-electron chi connectivity index (χ0n) is 18.1. The Morgan fingerprint density at radius 2 is 1.81 bits per heavy atom. The monoisotopic (exact) mass is 446 g/mol. The van der Waals surface area contributed by atoms with Gasteiger partial charge >= 0.3 is 0 Å². The van der Waals surface area contributed by atoms with Crippen LogP contribution in [0.25, 0.3) is 11.4 Å². The van der Waals surface area contributed by atoms with Crippen molar-refractivity contribution in [3.8, 4) is 11.4 Å². The van der Waals surface area contributed by atoms with E-state index in [1.165, 1.54) is 23.6 Å². The molecule has 2 aromatic rings. The molecule has 0 spiro atoms. The predicted molar refractivity (Wildman–Crippen MR) is 116 cm³/mol. The van der Waals surface area contributed by atoms with E-state index < -0.39 is 10.0 Å². The summed E-state index contributed by atoms with van der Waals surface area (Å²) in [7, 11) is -3.68. The van der Waals surface area contributed by atoms with Crippen molar-refractivity contribution in [3.05, 3.63) is 29.7 Å². The third kappa shape index (κ3) is 4.82. The van der Waals surface area contributed by atoms with Crippen LogP contribution in [-0.4, -0.2) is 47.9 Å². The van der Waals surface area contributed by atoms with Crippen molar-refractivity contribution < 1.29 is 17.7 Å². The molecule has 1 saturated carbocycles. The zero-order valence-corrected chi connectivity index (χ0v) is 19.0. The van der Waals surface area contributed by atoms with Crippen LogP contribution >= 0.6 is 0 Å². The number of rotatable bonds is 5. The lowest BCUT2D eigenvalue weighted by Gasteiger charge is -2.32. The average molecular weight is 447 g/mol. The highest BCUT2D eigenvalue weighted by molar-refractivity contribution is 7.89. The van der Waals surface area contributed by atoms with Gasteiger partial charge in [-0.2, -0.15) is 9.29 Å². The summed E-state index contributed by atoms with van der Waals surface area (Å²) < 4.78 is 33.2. The fraction of sp³-hybridized carbons (Fsp3) is 0.591.